The first kappa shape index (κ1) is 11.1. The predicted molar refractivity (Wildman–Crippen MR) is 63.1 cm³/mol. The molecule has 0 unspecified atom stereocenters. The third-order valence-corrected chi connectivity index (χ3v) is 2.37. The topological polar surface area (TPSA) is 29.1 Å². The number of anilines is 1. The summed E-state index contributed by atoms with van der Waals surface area (Å²) in [5.74, 6) is 0.149. The van der Waals surface area contributed by atoms with Crippen molar-refractivity contribution in [2.75, 3.05) is 11.1 Å². The summed E-state index contributed by atoms with van der Waals surface area (Å²) in [5, 5.41) is 2.84. The van der Waals surface area contributed by atoms with Gasteiger partial charge in [-0.25, -0.2) is 0 Å². The van der Waals surface area contributed by atoms with E-state index >= 15 is 0 Å². The zero-order chi connectivity index (χ0) is 10.7. The number of carbonyl (C=O) groups excluding carboxylic acids is 1. The Morgan fingerprint density at radius 1 is 1.29 bits per heavy atom. The van der Waals surface area contributed by atoms with E-state index < -0.39 is 0 Å². The maximum atomic E-state index is 11.2. The molecule has 0 bridgehead atoms. The molecule has 0 aromatic heterocycles. The molecule has 3 heteroatoms. The molecule has 0 heterocycles. The van der Waals surface area contributed by atoms with Crippen LogP contribution in [-0.4, -0.2) is 11.7 Å². The Hall–Kier alpha value is -0.960. The van der Waals surface area contributed by atoms with E-state index in [0.717, 1.165) is 16.8 Å². The van der Waals surface area contributed by atoms with Gasteiger partial charge in [0.05, 0.1) is 5.75 Å². The van der Waals surface area contributed by atoms with Crippen molar-refractivity contribution in [3.05, 3.63) is 28.8 Å². The molecule has 0 saturated carbocycles. The highest BCUT2D eigenvalue weighted by Crippen LogP contribution is 2.21. The summed E-state index contributed by atoms with van der Waals surface area (Å²) >= 11 is 3.92. The van der Waals surface area contributed by atoms with E-state index in [0.29, 0.717) is 0 Å². The highest BCUT2D eigenvalue weighted by molar-refractivity contribution is 7.81. The Morgan fingerprint density at radius 3 is 2.21 bits per heavy atom. The molecular weight excluding hydrogens is 194 g/mol. The van der Waals surface area contributed by atoms with E-state index in [4.69, 9.17) is 0 Å². The maximum Gasteiger partial charge on any atom is 0.234 e. The normalized spacial score (nSPS) is 10.0. The van der Waals surface area contributed by atoms with Crippen molar-refractivity contribution in [2.45, 2.75) is 20.8 Å². The third-order valence-electron chi connectivity index (χ3n) is 2.09. The highest BCUT2D eigenvalue weighted by atomic mass is 32.1. The van der Waals surface area contributed by atoms with E-state index in [1.54, 1.807) is 0 Å². The largest absolute Gasteiger partial charge is 0.325 e. The number of carbonyl (C=O) groups is 1. The number of thiol groups is 1. The summed E-state index contributed by atoms with van der Waals surface area (Å²) in [6.07, 6.45) is 0. The Balaban J connectivity index is 3.02. The van der Waals surface area contributed by atoms with Crippen molar-refractivity contribution in [3.63, 3.8) is 0 Å². The van der Waals surface area contributed by atoms with Crippen LogP contribution in [0.25, 0.3) is 0 Å². The van der Waals surface area contributed by atoms with Crippen LogP contribution in [0, 0.1) is 20.8 Å². The molecule has 1 rings (SSSR count). The van der Waals surface area contributed by atoms with Gasteiger partial charge in [-0.05, 0) is 31.9 Å². The maximum absolute atomic E-state index is 11.2. The van der Waals surface area contributed by atoms with Crippen LogP contribution in [0.1, 0.15) is 16.7 Å². The lowest BCUT2D eigenvalue weighted by Gasteiger charge is -2.11. The molecule has 0 spiro atoms. The predicted octanol–water partition coefficient (Wildman–Crippen LogP) is 2.48. The molecule has 0 aliphatic heterocycles. The van der Waals surface area contributed by atoms with Gasteiger partial charge in [-0.15, -0.1) is 0 Å². The lowest BCUT2D eigenvalue weighted by molar-refractivity contribution is -0.113. The van der Waals surface area contributed by atoms with E-state index in [9.17, 15) is 4.79 Å². The molecule has 0 saturated heterocycles. The molecule has 1 aromatic carbocycles. The fraction of sp³-hybridized carbons (Fsp3) is 0.364. The molecule has 14 heavy (non-hydrogen) atoms. The van der Waals surface area contributed by atoms with Crippen molar-refractivity contribution in [3.8, 4) is 0 Å². The Morgan fingerprint density at radius 2 is 1.79 bits per heavy atom. The van der Waals surface area contributed by atoms with Gasteiger partial charge in [-0.1, -0.05) is 17.7 Å². The van der Waals surface area contributed by atoms with Crippen LogP contribution < -0.4 is 5.32 Å². The Bertz CT molecular complexity index is 337. The summed E-state index contributed by atoms with van der Waals surface area (Å²) < 4.78 is 0. The summed E-state index contributed by atoms with van der Waals surface area (Å²) in [6, 6.07) is 4.11. The van der Waals surface area contributed by atoms with E-state index in [1.165, 1.54) is 5.56 Å². The fourth-order valence-electron chi connectivity index (χ4n) is 1.56. The SMILES string of the molecule is Cc1cc(C)c(NC(=O)CS)c(C)c1. The van der Waals surface area contributed by atoms with Gasteiger partial charge in [0.1, 0.15) is 0 Å². The molecule has 0 aliphatic rings. The summed E-state index contributed by atoms with van der Waals surface area (Å²) in [6.45, 7) is 6.03. The minimum Gasteiger partial charge on any atom is -0.325 e. The van der Waals surface area contributed by atoms with Gasteiger partial charge in [0, 0.05) is 5.69 Å². The monoisotopic (exact) mass is 209 g/mol. The molecule has 0 aliphatic carbocycles. The zero-order valence-electron chi connectivity index (χ0n) is 8.72. The number of hydrogen-bond donors (Lipinski definition) is 2. The molecular formula is C11H15NOS. The van der Waals surface area contributed by atoms with Crippen molar-refractivity contribution >= 4 is 24.2 Å². The fourth-order valence-corrected chi connectivity index (χ4v) is 1.64. The van der Waals surface area contributed by atoms with E-state index in [-0.39, 0.29) is 11.7 Å². The third kappa shape index (κ3) is 2.51. The second-order valence-electron chi connectivity index (χ2n) is 3.48. The van der Waals surface area contributed by atoms with Crippen molar-refractivity contribution in [1.29, 1.82) is 0 Å². The lowest BCUT2D eigenvalue weighted by Crippen LogP contribution is -2.14. The van der Waals surface area contributed by atoms with Gasteiger partial charge >= 0.3 is 0 Å². The minimum atomic E-state index is -0.0663. The summed E-state index contributed by atoms with van der Waals surface area (Å²) in [4.78, 5) is 11.2. The average Bonchev–Trinajstić information content (AvgIpc) is 2.10. The van der Waals surface area contributed by atoms with Crippen LogP contribution in [0.4, 0.5) is 5.69 Å². The number of hydrogen-bond acceptors (Lipinski definition) is 2. The van der Waals surface area contributed by atoms with Gasteiger partial charge in [0.25, 0.3) is 0 Å². The van der Waals surface area contributed by atoms with Crippen LogP contribution in [0.2, 0.25) is 0 Å². The van der Waals surface area contributed by atoms with E-state index in [2.05, 4.69) is 30.1 Å². The highest BCUT2D eigenvalue weighted by Gasteiger charge is 2.06. The smallest absolute Gasteiger partial charge is 0.234 e. The number of nitrogens with one attached hydrogen (secondary N) is 1. The number of benzene rings is 1. The quantitative estimate of drug-likeness (QED) is 0.720. The molecule has 0 atom stereocenters. The molecule has 1 amide bonds. The van der Waals surface area contributed by atoms with Crippen molar-refractivity contribution in [2.24, 2.45) is 0 Å². The minimum absolute atomic E-state index is 0.0663. The molecule has 0 fully saturated rings. The van der Waals surface area contributed by atoms with Gasteiger partial charge < -0.3 is 5.32 Å². The number of rotatable bonds is 2. The molecule has 1 N–H and O–H groups in total. The lowest BCUT2D eigenvalue weighted by atomic mass is 10.1. The van der Waals surface area contributed by atoms with Crippen LogP contribution in [0.3, 0.4) is 0 Å². The van der Waals surface area contributed by atoms with Crippen LogP contribution in [0.15, 0.2) is 12.1 Å². The zero-order valence-corrected chi connectivity index (χ0v) is 9.61. The first-order valence-electron chi connectivity index (χ1n) is 4.53. The van der Waals surface area contributed by atoms with Crippen LogP contribution >= 0.6 is 12.6 Å². The van der Waals surface area contributed by atoms with Gasteiger partial charge in [-0.2, -0.15) is 12.6 Å². The first-order chi connectivity index (χ1) is 6.54. The standard InChI is InChI=1S/C11H15NOS/c1-7-4-8(2)11(9(3)5-7)12-10(13)6-14/h4-5,14H,6H2,1-3H3,(H,12,13). The molecule has 1 aromatic rings. The summed E-state index contributed by atoms with van der Waals surface area (Å²) in [5.41, 5.74) is 4.31. The van der Waals surface area contributed by atoms with Crippen LogP contribution in [0.5, 0.6) is 0 Å². The van der Waals surface area contributed by atoms with E-state index in [1.807, 2.05) is 20.8 Å². The Kier molecular flexibility index (Phi) is 3.58. The molecule has 2 nitrogen and oxygen atoms in total. The second kappa shape index (κ2) is 4.51. The van der Waals surface area contributed by atoms with Gasteiger partial charge in [0.15, 0.2) is 0 Å². The first-order valence-corrected chi connectivity index (χ1v) is 5.16. The van der Waals surface area contributed by atoms with Crippen LogP contribution in [-0.2, 0) is 4.79 Å². The number of amides is 1. The second-order valence-corrected chi connectivity index (χ2v) is 3.80. The van der Waals surface area contributed by atoms with Gasteiger partial charge in [0.2, 0.25) is 5.91 Å². The average molecular weight is 209 g/mol. The van der Waals surface area contributed by atoms with Gasteiger partial charge in [-0.3, -0.25) is 4.79 Å². The van der Waals surface area contributed by atoms with Crippen molar-refractivity contribution < 1.29 is 4.79 Å². The molecule has 0 radical (unpaired) electrons. The number of aryl methyl sites for hydroxylation is 3. The molecule has 76 valence electrons. The Labute approximate surface area is 90.1 Å². The summed E-state index contributed by atoms with van der Waals surface area (Å²) in [7, 11) is 0. The van der Waals surface area contributed by atoms with Crippen molar-refractivity contribution in [1.82, 2.24) is 0 Å².